The average molecular weight is 619 g/mol. The first-order valence-corrected chi connectivity index (χ1v) is 15.8. The van der Waals surface area contributed by atoms with E-state index in [1.807, 2.05) is 29.2 Å². The first-order chi connectivity index (χ1) is 20.4. The van der Waals surface area contributed by atoms with Gasteiger partial charge in [0.1, 0.15) is 23.3 Å². The first-order valence-electron chi connectivity index (χ1n) is 14.0. The molecule has 3 aromatic rings. The van der Waals surface area contributed by atoms with E-state index < -0.39 is 52.0 Å². The Kier molecular flexibility index (Phi) is 8.78. The van der Waals surface area contributed by atoms with E-state index >= 15 is 0 Å². The minimum Gasteiger partial charge on any atom is -0.440 e. The number of carbonyl (C=O) groups is 1. The van der Waals surface area contributed by atoms with Gasteiger partial charge in [-0.25, -0.2) is 17.8 Å². The van der Waals surface area contributed by atoms with E-state index in [0.717, 1.165) is 12.1 Å². The van der Waals surface area contributed by atoms with Gasteiger partial charge >= 0.3 is 6.18 Å². The predicted octanol–water partition coefficient (Wildman–Crippen LogP) is 5.62. The molecule has 1 saturated carbocycles. The van der Waals surface area contributed by atoms with Crippen molar-refractivity contribution in [1.82, 2.24) is 10.3 Å². The number of hydrogen-bond donors (Lipinski definition) is 1. The second-order valence-corrected chi connectivity index (χ2v) is 13.2. The van der Waals surface area contributed by atoms with Gasteiger partial charge in [-0.3, -0.25) is 4.79 Å². The van der Waals surface area contributed by atoms with Crippen LogP contribution in [0.5, 0.6) is 0 Å². The zero-order chi connectivity index (χ0) is 30.8. The molecule has 43 heavy (non-hydrogen) atoms. The highest BCUT2D eigenvalue weighted by molar-refractivity contribution is 7.91. The highest BCUT2D eigenvalue weighted by Gasteiger charge is 2.39. The zero-order valence-electron chi connectivity index (χ0n) is 23.1. The van der Waals surface area contributed by atoms with Crippen LogP contribution in [0.1, 0.15) is 43.8 Å². The van der Waals surface area contributed by atoms with E-state index in [-0.39, 0.29) is 17.4 Å². The molecular weight excluding hydrogens is 588 g/mol. The van der Waals surface area contributed by atoms with Crippen LogP contribution in [-0.4, -0.2) is 56.1 Å². The van der Waals surface area contributed by atoms with Crippen molar-refractivity contribution in [1.29, 1.82) is 5.26 Å². The van der Waals surface area contributed by atoms with E-state index in [1.54, 1.807) is 0 Å². The van der Waals surface area contributed by atoms with Crippen LogP contribution in [-0.2, 0) is 14.6 Å². The lowest BCUT2D eigenvalue weighted by atomic mass is 9.76. The number of nitriles is 1. The summed E-state index contributed by atoms with van der Waals surface area (Å²) in [6.07, 6.45) is -3.73. The smallest absolute Gasteiger partial charge is 0.392 e. The number of halogens is 4. The Balaban J connectivity index is 1.48. The Labute approximate surface area is 246 Å². The maximum absolute atomic E-state index is 13.6. The summed E-state index contributed by atoms with van der Waals surface area (Å²) < 4.78 is 82.5. The Morgan fingerprint density at radius 2 is 1.67 bits per heavy atom. The third-order valence-electron chi connectivity index (χ3n) is 7.94. The predicted molar refractivity (Wildman–Crippen MR) is 151 cm³/mol. The van der Waals surface area contributed by atoms with Crippen LogP contribution >= 0.6 is 0 Å². The number of sulfone groups is 1. The van der Waals surface area contributed by atoms with Crippen LogP contribution in [0.3, 0.4) is 0 Å². The minimum absolute atomic E-state index is 0.0734. The lowest BCUT2D eigenvalue weighted by molar-refractivity contribution is -0.140. The molecule has 1 amide bonds. The molecule has 1 N–H and O–H groups in total. The lowest BCUT2D eigenvalue weighted by Gasteiger charge is -2.30. The molecule has 228 valence electrons. The molecule has 1 saturated heterocycles. The first kappa shape index (κ1) is 30.5. The molecule has 5 rings (SSSR count). The molecule has 2 fully saturated rings. The van der Waals surface area contributed by atoms with Crippen LogP contribution in [0.25, 0.3) is 22.7 Å². The van der Waals surface area contributed by atoms with Gasteiger partial charge in [-0.15, -0.1) is 0 Å². The zero-order valence-corrected chi connectivity index (χ0v) is 23.9. The molecule has 0 bridgehead atoms. The number of nitrogens with zero attached hydrogens (tertiary/aromatic N) is 3. The van der Waals surface area contributed by atoms with Crippen molar-refractivity contribution in [2.24, 2.45) is 5.92 Å². The van der Waals surface area contributed by atoms with Gasteiger partial charge in [0.05, 0.1) is 24.0 Å². The number of nitrogens with one attached hydrogen (secondary N) is 1. The Morgan fingerprint density at radius 3 is 2.30 bits per heavy atom. The van der Waals surface area contributed by atoms with Gasteiger partial charge in [-0.05, 0) is 49.2 Å². The molecule has 1 unspecified atom stereocenters. The van der Waals surface area contributed by atoms with Crippen LogP contribution in [0.2, 0.25) is 0 Å². The van der Waals surface area contributed by atoms with E-state index in [9.17, 15) is 36.0 Å². The summed E-state index contributed by atoms with van der Waals surface area (Å²) in [5.74, 6) is -1.63. The van der Waals surface area contributed by atoms with Gasteiger partial charge in [-0.2, -0.15) is 18.4 Å². The van der Waals surface area contributed by atoms with Crippen molar-refractivity contribution in [2.45, 2.75) is 50.2 Å². The fourth-order valence-electron chi connectivity index (χ4n) is 5.70. The largest absolute Gasteiger partial charge is 0.440 e. The Hall–Kier alpha value is -3.92. The summed E-state index contributed by atoms with van der Waals surface area (Å²) in [7, 11) is -3.04. The number of rotatable bonds is 7. The number of amides is 1. The minimum atomic E-state index is -4.61. The van der Waals surface area contributed by atoms with Crippen molar-refractivity contribution < 1.29 is 35.2 Å². The van der Waals surface area contributed by atoms with Gasteiger partial charge in [-0.1, -0.05) is 25.0 Å². The summed E-state index contributed by atoms with van der Waals surface area (Å²) in [6.45, 7) is 0.755. The van der Waals surface area contributed by atoms with Gasteiger partial charge in [0.25, 0.3) is 0 Å². The molecular formula is C30H30F4N4O4S. The molecule has 8 nitrogen and oxygen atoms in total. The van der Waals surface area contributed by atoms with E-state index in [2.05, 4.69) is 5.32 Å². The lowest BCUT2D eigenvalue weighted by Crippen LogP contribution is -2.43. The Bertz CT molecular complexity index is 1580. The van der Waals surface area contributed by atoms with Crippen molar-refractivity contribution in [2.75, 3.05) is 29.5 Å². The summed E-state index contributed by atoms with van der Waals surface area (Å²) in [4.78, 5) is 20.0. The van der Waals surface area contributed by atoms with Crippen LogP contribution in [0.15, 0.2) is 52.9 Å². The molecule has 1 aliphatic heterocycles. The normalized spacial score (nSPS) is 21.1. The van der Waals surface area contributed by atoms with E-state index in [0.29, 0.717) is 54.9 Å². The van der Waals surface area contributed by atoms with Crippen molar-refractivity contribution in [3.05, 3.63) is 60.1 Å². The summed E-state index contributed by atoms with van der Waals surface area (Å²) in [5.41, 5.74) is 2.46. The number of benzene rings is 2. The fraction of sp³-hybridized carbons (Fsp3) is 0.433. The topological polar surface area (TPSA) is 116 Å². The van der Waals surface area contributed by atoms with Crippen LogP contribution in [0.4, 0.5) is 23.2 Å². The van der Waals surface area contributed by atoms with E-state index in [1.165, 1.54) is 30.3 Å². The van der Waals surface area contributed by atoms with Crippen LogP contribution in [0, 0.1) is 23.1 Å². The molecule has 1 aliphatic carbocycles. The molecule has 3 atom stereocenters. The van der Waals surface area contributed by atoms with Crippen LogP contribution < -0.4 is 10.2 Å². The Morgan fingerprint density at radius 1 is 1.05 bits per heavy atom. The standard InChI is InChI=1S/C30H30F4N4O4S/c31-21-9-5-20(6-10-21)29-37-26(19-7-11-23(12-8-19)38-13-15-43(40,41)16-14-38)27(42-29)24-3-1-2-4-25(24)28(39)36-22(18-35)17-30(32,33)34/h5-12,22,24-25H,1-4,13-17H2,(H,36,39)/t22?,24-,25-/m1/s1. The summed E-state index contributed by atoms with van der Waals surface area (Å²) >= 11 is 0. The maximum Gasteiger partial charge on any atom is 0.392 e. The highest BCUT2D eigenvalue weighted by Crippen LogP contribution is 2.44. The molecule has 2 aliphatic rings. The van der Waals surface area contributed by atoms with Gasteiger partial charge < -0.3 is 14.6 Å². The third kappa shape index (κ3) is 7.36. The monoisotopic (exact) mass is 618 g/mol. The maximum atomic E-state index is 13.6. The third-order valence-corrected chi connectivity index (χ3v) is 9.55. The number of anilines is 1. The molecule has 1 aromatic heterocycles. The number of oxazole rings is 1. The molecule has 13 heteroatoms. The number of hydrogen-bond acceptors (Lipinski definition) is 7. The van der Waals surface area contributed by atoms with Gasteiger partial charge in [0.15, 0.2) is 9.84 Å². The molecule has 0 spiro atoms. The summed E-state index contributed by atoms with van der Waals surface area (Å²) in [6, 6.07) is 12.7. The quantitative estimate of drug-likeness (QED) is 0.342. The van der Waals surface area contributed by atoms with Crippen molar-refractivity contribution >= 4 is 21.4 Å². The highest BCUT2D eigenvalue weighted by atomic mass is 32.2. The fourth-order valence-corrected chi connectivity index (χ4v) is 6.91. The summed E-state index contributed by atoms with van der Waals surface area (Å²) in [5, 5.41) is 11.5. The molecule has 0 radical (unpaired) electrons. The SMILES string of the molecule is N#CC(CC(F)(F)F)NC(=O)[C@@H]1CCCC[C@H]1c1oc(-c2ccc(F)cc2)nc1-c1ccc(N2CCS(=O)(=O)CC2)cc1. The molecule has 2 heterocycles. The van der Waals surface area contributed by atoms with Crippen molar-refractivity contribution in [3.8, 4) is 28.8 Å². The number of aromatic nitrogens is 1. The average Bonchev–Trinajstić information content (AvgIpc) is 3.42. The van der Waals surface area contributed by atoms with E-state index in [4.69, 9.17) is 9.40 Å². The van der Waals surface area contributed by atoms with Gasteiger partial charge in [0, 0.05) is 41.7 Å². The number of carbonyl (C=O) groups excluding carboxylic acids is 1. The second kappa shape index (κ2) is 12.4. The second-order valence-electron chi connectivity index (χ2n) is 10.9. The number of alkyl halides is 3. The van der Waals surface area contributed by atoms with Crippen molar-refractivity contribution in [3.63, 3.8) is 0 Å². The molecule has 2 aromatic carbocycles. The van der Waals surface area contributed by atoms with Gasteiger partial charge in [0.2, 0.25) is 11.8 Å².